The average Bonchev–Trinajstić information content (AvgIpc) is 0.763. The van der Waals surface area contributed by atoms with E-state index in [0.717, 1.165) is 26.4 Å². The number of fused-ring (bicyclic) bond motifs is 2. The van der Waals surface area contributed by atoms with Crippen LogP contribution in [0.25, 0.3) is 21.5 Å². The molecule has 6 aromatic carbocycles. The molecule has 0 unspecified atom stereocenters. The van der Waals surface area contributed by atoms with Crippen LogP contribution < -0.4 is 32.6 Å². The minimum Gasteiger partial charge on any atom is -0.505 e. The molecule has 0 spiro atoms. The largest absolute Gasteiger partial charge is 0.505 e. The predicted molar refractivity (Wildman–Crippen MR) is 344 cm³/mol. The zero-order valence-electron chi connectivity index (χ0n) is 51.8. The van der Waals surface area contributed by atoms with Gasteiger partial charge in [-0.15, -0.1) is 29.1 Å². The third-order valence-corrected chi connectivity index (χ3v) is 16.6. The van der Waals surface area contributed by atoms with Crippen LogP contribution in [0, 0.1) is 0 Å². The SMILES string of the molecule is COOOSc1cc2cc(S(=O)(=O)OC)cc(Nc3nc(NCCCOCCOCCOCCCNc4nc(Nc5cc(S(=O)(=O)OC)cc6cc(SOOOC)c(N=Nc7ccccc7C(=O)OC)c(O)c56)[nH]c(=O)n4)nc(=O)[nH]3)c2c(O)c1N=Nc1ccccc1C(=O)OC. The maximum Gasteiger partial charge on any atom is 0.351 e. The van der Waals surface area contributed by atoms with Crippen molar-refractivity contribution in [1.29, 1.82) is 0 Å². The lowest BCUT2D eigenvalue weighted by Gasteiger charge is -2.16. The van der Waals surface area contributed by atoms with Crippen molar-refractivity contribution in [1.82, 2.24) is 29.9 Å². The third kappa shape index (κ3) is 19.9. The molecular formula is C56H60N14O23S4. The van der Waals surface area contributed by atoms with Crippen molar-refractivity contribution >= 4 is 136 Å². The second-order valence-electron chi connectivity index (χ2n) is 19.0. The van der Waals surface area contributed by atoms with Gasteiger partial charge in [-0.3, -0.25) is 18.3 Å². The molecular weight excluding hydrogens is 1360 g/mol. The van der Waals surface area contributed by atoms with Crippen molar-refractivity contribution in [3.63, 3.8) is 0 Å². The summed E-state index contributed by atoms with van der Waals surface area (Å²) < 4.78 is 98.6. The first-order valence-corrected chi connectivity index (χ1v) is 32.4. The fraction of sp³-hybridized carbons (Fsp3) is 0.286. The maximum absolute atomic E-state index is 13.1. The number of azo groups is 2. The van der Waals surface area contributed by atoms with Crippen LogP contribution in [0.3, 0.4) is 0 Å². The number of hydrogen-bond acceptors (Lipinski definition) is 37. The number of nitrogens with one attached hydrogen (secondary N) is 6. The van der Waals surface area contributed by atoms with Gasteiger partial charge in [0.15, 0.2) is 11.5 Å². The molecule has 0 fully saturated rings. The van der Waals surface area contributed by atoms with Gasteiger partial charge < -0.3 is 55.2 Å². The number of H-pyrrole nitrogens is 2. The van der Waals surface area contributed by atoms with E-state index in [-0.39, 0.29) is 163 Å². The highest BCUT2D eigenvalue weighted by atomic mass is 32.2. The van der Waals surface area contributed by atoms with Crippen LogP contribution >= 0.6 is 24.1 Å². The number of carbonyl (C=O) groups is 2. The Kier molecular flexibility index (Phi) is 26.9. The van der Waals surface area contributed by atoms with Gasteiger partial charge in [0.05, 0.1) is 135 Å². The summed E-state index contributed by atoms with van der Waals surface area (Å²) in [6, 6.07) is 19.7. The lowest BCUT2D eigenvalue weighted by molar-refractivity contribution is -0.447. The highest BCUT2D eigenvalue weighted by Gasteiger charge is 2.26. The molecule has 37 nitrogen and oxygen atoms in total. The van der Waals surface area contributed by atoms with E-state index in [1.54, 1.807) is 24.3 Å². The van der Waals surface area contributed by atoms with E-state index in [0.29, 0.717) is 36.9 Å². The van der Waals surface area contributed by atoms with Gasteiger partial charge in [0.25, 0.3) is 20.2 Å². The smallest absolute Gasteiger partial charge is 0.351 e. The number of aromatic amines is 2. The fourth-order valence-corrected chi connectivity index (χ4v) is 11.1. The molecule has 0 saturated carbocycles. The van der Waals surface area contributed by atoms with E-state index in [2.05, 4.69) is 91.5 Å². The maximum atomic E-state index is 13.1. The first kappa shape index (κ1) is 73.4. The summed E-state index contributed by atoms with van der Waals surface area (Å²) in [6.07, 6.45) is 0.863. The zero-order chi connectivity index (χ0) is 69.5. The lowest BCUT2D eigenvalue weighted by Crippen LogP contribution is -2.19. The van der Waals surface area contributed by atoms with Crippen LogP contribution in [0.2, 0.25) is 0 Å². The van der Waals surface area contributed by atoms with Gasteiger partial charge in [0.1, 0.15) is 22.7 Å². The van der Waals surface area contributed by atoms with Gasteiger partial charge in [-0.25, -0.2) is 29.0 Å². The van der Waals surface area contributed by atoms with E-state index in [1.165, 1.54) is 77.0 Å². The van der Waals surface area contributed by atoms with E-state index in [9.17, 15) is 46.2 Å². The molecule has 0 bridgehead atoms. The number of phenols is 2. The molecule has 0 radical (unpaired) electrons. The number of hydrogen-bond donors (Lipinski definition) is 8. The highest BCUT2D eigenvalue weighted by molar-refractivity contribution is 7.95. The van der Waals surface area contributed by atoms with Crippen molar-refractivity contribution in [2.45, 2.75) is 32.4 Å². The summed E-state index contributed by atoms with van der Waals surface area (Å²) >= 11 is 1.04. The molecule has 0 atom stereocenters. The summed E-state index contributed by atoms with van der Waals surface area (Å²) in [5, 5.41) is 61.4. The van der Waals surface area contributed by atoms with Crippen LogP contribution in [0.4, 0.5) is 57.9 Å². The van der Waals surface area contributed by atoms with Crippen LogP contribution in [0.15, 0.2) is 135 Å². The van der Waals surface area contributed by atoms with Gasteiger partial charge in [0.2, 0.25) is 23.8 Å². The monoisotopic (exact) mass is 1420 g/mol. The van der Waals surface area contributed by atoms with E-state index >= 15 is 0 Å². The van der Waals surface area contributed by atoms with Gasteiger partial charge in [-0.05, 0) is 84.3 Å². The van der Waals surface area contributed by atoms with Crippen molar-refractivity contribution in [2.75, 3.05) is 117 Å². The Morgan fingerprint density at radius 1 is 0.526 bits per heavy atom. The van der Waals surface area contributed by atoms with Gasteiger partial charge >= 0.3 is 23.3 Å². The average molecular weight is 1430 g/mol. The Hall–Kier alpha value is -9.44. The Morgan fingerprint density at radius 2 is 0.918 bits per heavy atom. The number of rotatable bonds is 38. The quantitative estimate of drug-likeness (QED) is 0.00343. The van der Waals surface area contributed by atoms with Crippen molar-refractivity contribution in [3.05, 3.63) is 117 Å². The van der Waals surface area contributed by atoms with E-state index < -0.39 is 55.1 Å². The number of methoxy groups -OCH3 is 2. The number of carbonyl (C=O) groups excluding carboxylic acids is 2. The first-order chi connectivity index (χ1) is 46.8. The lowest BCUT2D eigenvalue weighted by atomic mass is 10.1. The van der Waals surface area contributed by atoms with Gasteiger partial charge in [-0.2, -0.15) is 36.8 Å². The minimum atomic E-state index is -4.38. The fourth-order valence-electron chi connectivity index (χ4n) is 8.56. The van der Waals surface area contributed by atoms with Crippen molar-refractivity contribution in [2.24, 2.45) is 20.5 Å². The highest BCUT2D eigenvalue weighted by Crippen LogP contribution is 2.50. The molecule has 8 rings (SSSR count). The third-order valence-electron chi connectivity index (χ3n) is 12.9. The number of aromatic nitrogens is 6. The number of aromatic hydroxyl groups is 2. The molecule has 8 aromatic rings. The molecule has 0 aliphatic carbocycles. The first-order valence-electron chi connectivity index (χ1n) is 28.1. The Balaban J connectivity index is 0.814. The summed E-state index contributed by atoms with van der Waals surface area (Å²) in [5.74, 6) is -3.22. The summed E-state index contributed by atoms with van der Waals surface area (Å²) in [4.78, 5) is 80.2. The second kappa shape index (κ2) is 35.5. The van der Waals surface area contributed by atoms with Crippen LogP contribution in [0.5, 0.6) is 11.5 Å². The Bertz CT molecular complexity index is 4250. The molecule has 2 aromatic heterocycles. The molecule has 0 aliphatic rings. The zero-order valence-corrected chi connectivity index (χ0v) is 55.1. The number of phenolic OH excluding ortho intramolecular Hbond substituents is 2. The van der Waals surface area contributed by atoms with Crippen LogP contribution in [0.1, 0.15) is 33.6 Å². The summed E-state index contributed by atoms with van der Waals surface area (Å²) in [5.41, 5.74) is -2.09. The predicted octanol–water partition coefficient (Wildman–Crippen LogP) is 8.31. The minimum absolute atomic E-state index is 0.0330. The van der Waals surface area contributed by atoms with Crippen molar-refractivity contribution in [3.8, 4) is 11.5 Å². The molecule has 2 heterocycles. The molecule has 0 aliphatic heterocycles. The Labute approximate surface area is 558 Å². The Morgan fingerprint density at radius 3 is 1.30 bits per heavy atom. The molecule has 0 saturated heterocycles. The number of anilines is 6. The van der Waals surface area contributed by atoms with Crippen LogP contribution in [-0.4, -0.2) is 164 Å². The van der Waals surface area contributed by atoms with E-state index in [4.69, 9.17) is 40.7 Å². The summed E-state index contributed by atoms with van der Waals surface area (Å²) in [7, 11) is -2.11. The summed E-state index contributed by atoms with van der Waals surface area (Å²) in [6.45, 7) is 1.98. The van der Waals surface area contributed by atoms with Gasteiger partial charge in [0, 0.05) is 37.1 Å². The van der Waals surface area contributed by atoms with Crippen molar-refractivity contribution < 1.29 is 97.2 Å². The number of ether oxygens (including phenoxy) is 5. The van der Waals surface area contributed by atoms with Crippen LogP contribution in [-0.2, 0) is 80.8 Å². The molecule has 97 heavy (non-hydrogen) atoms. The van der Waals surface area contributed by atoms with Gasteiger partial charge in [-0.1, -0.05) is 34.3 Å². The van der Waals surface area contributed by atoms with E-state index in [1.807, 2.05) is 0 Å². The second-order valence-corrected chi connectivity index (χ2v) is 23.9. The number of esters is 2. The number of nitrogens with zero attached hydrogens (tertiary/aromatic N) is 8. The molecule has 8 N–H and O–H groups in total. The standard InChI is InChI=1S/C56H60N14O23S4/c1-81-49(73)35-13-7-9-15-37(35)67-69-45-41(94-92-90-83-3)27-31-25-33(96(77,78)85-5)29-39(43(31)47(45)71)59-53-61-51(63-55(75)65-53)57-17-11-19-87-21-23-89-24-22-88-20-12-18-58-52-62-54(66-56(76)64-52)60-40-30-34(97(79,80)86-6)26-32-28-42(95-93-91-84-4)46(48(72)44(32)40)70-68-38-16-10-8-14-36(38)50(74)82-2/h7-10,13-16,25-30,71-72H,11-12,17-24H2,1-6H3,(H3,57,59,61,63,65,75)(H3,58,60,62,64,66,76). The molecule has 0 amide bonds. The normalized spacial score (nSPS) is 11.9. The number of benzene rings is 6. The molecule has 41 heteroatoms. The topological polar surface area (TPSA) is 478 Å². The molecule has 516 valence electrons.